The molecule has 0 aromatic carbocycles. The van der Waals surface area contributed by atoms with Crippen LogP contribution >= 0.6 is 0 Å². The van der Waals surface area contributed by atoms with Crippen LogP contribution in [0, 0.1) is 0 Å². The average molecular weight is 174 g/mol. The first-order valence-electron chi connectivity index (χ1n) is 4.38. The van der Waals surface area contributed by atoms with Crippen LogP contribution in [0.25, 0.3) is 0 Å². The molecule has 0 aliphatic carbocycles. The van der Waals surface area contributed by atoms with Crippen molar-refractivity contribution in [3.05, 3.63) is 0 Å². The second kappa shape index (κ2) is 4.77. The third kappa shape index (κ3) is 2.71. The molecule has 1 saturated heterocycles. The molecule has 0 aromatic rings. The van der Waals surface area contributed by atoms with E-state index in [9.17, 15) is 0 Å². The molecule has 1 aliphatic rings. The fourth-order valence-electron chi connectivity index (χ4n) is 1.41. The van der Waals surface area contributed by atoms with E-state index >= 15 is 0 Å². The Kier molecular flexibility index (Phi) is 3.94. The zero-order chi connectivity index (χ0) is 8.97. The van der Waals surface area contributed by atoms with E-state index in [4.69, 9.17) is 15.6 Å². The Balaban J connectivity index is 2.28. The van der Waals surface area contributed by atoms with Crippen molar-refractivity contribution in [2.75, 3.05) is 33.4 Å². The summed E-state index contributed by atoms with van der Waals surface area (Å²) in [7, 11) is 2.07. The Hall–Kier alpha value is -0.160. The molecule has 0 amide bonds. The summed E-state index contributed by atoms with van der Waals surface area (Å²) in [6.45, 7) is 2.57. The highest BCUT2D eigenvalue weighted by molar-refractivity contribution is 4.76. The van der Waals surface area contributed by atoms with Gasteiger partial charge in [0.05, 0.1) is 19.8 Å². The van der Waals surface area contributed by atoms with Gasteiger partial charge in [-0.15, -0.1) is 0 Å². The van der Waals surface area contributed by atoms with Crippen molar-refractivity contribution in [3.63, 3.8) is 0 Å². The normalized spacial score (nSPS) is 28.8. The van der Waals surface area contributed by atoms with Crippen LogP contribution in [-0.2, 0) is 4.74 Å². The summed E-state index contributed by atoms with van der Waals surface area (Å²) in [6, 6.07) is 0.264. The van der Waals surface area contributed by atoms with Crippen LogP contribution in [0.4, 0.5) is 0 Å². The number of hydrogen-bond acceptors (Lipinski definition) is 4. The minimum atomic E-state index is -0.112. The minimum Gasteiger partial charge on any atom is -0.395 e. The summed E-state index contributed by atoms with van der Waals surface area (Å²) in [4.78, 5) is 2.24. The van der Waals surface area contributed by atoms with E-state index in [2.05, 4.69) is 11.9 Å². The monoisotopic (exact) mass is 174 g/mol. The second-order valence-corrected chi connectivity index (χ2v) is 3.39. The van der Waals surface area contributed by atoms with Gasteiger partial charge in [0.1, 0.15) is 0 Å². The molecule has 3 N–H and O–H groups in total. The number of likely N-dealkylation sites (N-methyl/N-ethyl adjacent to an activating group) is 1. The van der Waals surface area contributed by atoms with Gasteiger partial charge >= 0.3 is 0 Å². The lowest BCUT2D eigenvalue weighted by atomic mass is 10.1. The largest absolute Gasteiger partial charge is 0.395 e. The Morgan fingerprint density at radius 1 is 1.75 bits per heavy atom. The number of ether oxygens (including phenoxy) is 1. The Morgan fingerprint density at radius 2 is 2.50 bits per heavy atom. The van der Waals surface area contributed by atoms with E-state index in [0.29, 0.717) is 6.04 Å². The summed E-state index contributed by atoms with van der Waals surface area (Å²) in [5.41, 5.74) is 5.63. The van der Waals surface area contributed by atoms with Crippen molar-refractivity contribution in [2.45, 2.75) is 18.5 Å². The highest BCUT2D eigenvalue weighted by Crippen LogP contribution is 2.08. The van der Waals surface area contributed by atoms with E-state index in [0.717, 1.165) is 26.2 Å². The topological polar surface area (TPSA) is 58.7 Å². The maximum absolute atomic E-state index is 8.77. The lowest BCUT2D eigenvalue weighted by Gasteiger charge is -2.33. The highest BCUT2D eigenvalue weighted by Gasteiger charge is 2.21. The van der Waals surface area contributed by atoms with Gasteiger partial charge in [0, 0.05) is 18.6 Å². The quantitative estimate of drug-likeness (QED) is 0.578. The van der Waals surface area contributed by atoms with Gasteiger partial charge < -0.3 is 15.6 Å². The molecule has 1 fully saturated rings. The molecule has 12 heavy (non-hydrogen) atoms. The van der Waals surface area contributed by atoms with E-state index in [1.807, 2.05) is 0 Å². The number of morpholine rings is 1. The van der Waals surface area contributed by atoms with Crippen LogP contribution in [0.15, 0.2) is 0 Å². The Morgan fingerprint density at radius 3 is 3.08 bits per heavy atom. The summed E-state index contributed by atoms with van der Waals surface area (Å²) in [5, 5.41) is 8.77. The average Bonchev–Trinajstić information content (AvgIpc) is 2.09. The molecular weight excluding hydrogens is 156 g/mol. The maximum Gasteiger partial charge on any atom is 0.0622 e. The molecule has 0 radical (unpaired) electrons. The van der Waals surface area contributed by atoms with Crippen LogP contribution in [-0.4, -0.2) is 55.5 Å². The number of nitrogens with two attached hydrogens (primary N) is 1. The molecule has 0 aromatic heterocycles. The third-order valence-corrected chi connectivity index (χ3v) is 2.33. The van der Waals surface area contributed by atoms with Crippen molar-refractivity contribution in [1.29, 1.82) is 0 Å². The number of hydrogen-bond donors (Lipinski definition) is 2. The zero-order valence-electron chi connectivity index (χ0n) is 7.57. The maximum atomic E-state index is 8.77. The molecule has 1 heterocycles. The third-order valence-electron chi connectivity index (χ3n) is 2.33. The molecule has 0 bridgehead atoms. The van der Waals surface area contributed by atoms with Gasteiger partial charge in [-0.3, -0.25) is 4.90 Å². The molecule has 0 saturated carbocycles. The predicted molar refractivity (Wildman–Crippen MR) is 46.9 cm³/mol. The van der Waals surface area contributed by atoms with Crippen LogP contribution < -0.4 is 5.73 Å². The second-order valence-electron chi connectivity index (χ2n) is 3.39. The SMILES string of the molecule is CN1CCOCC1CC(N)CO. The molecule has 4 heteroatoms. The van der Waals surface area contributed by atoms with Crippen molar-refractivity contribution in [3.8, 4) is 0 Å². The smallest absolute Gasteiger partial charge is 0.0622 e. The van der Waals surface area contributed by atoms with E-state index < -0.39 is 0 Å². The van der Waals surface area contributed by atoms with E-state index in [1.54, 1.807) is 0 Å². The van der Waals surface area contributed by atoms with Gasteiger partial charge in [-0.05, 0) is 13.5 Å². The van der Waals surface area contributed by atoms with Crippen molar-refractivity contribution >= 4 is 0 Å². The van der Waals surface area contributed by atoms with Crippen LogP contribution in [0.3, 0.4) is 0 Å². The molecule has 4 nitrogen and oxygen atoms in total. The van der Waals surface area contributed by atoms with Gasteiger partial charge in [0.15, 0.2) is 0 Å². The predicted octanol–water partition coefficient (Wildman–Crippen LogP) is -0.973. The van der Waals surface area contributed by atoms with Gasteiger partial charge in [-0.2, -0.15) is 0 Å². The lowest BCUT2D eigenvalue weighted by molar-refractivity contribution is -0.00121. The van der Waals surface area contributed by atoms with Crippen molar-refractivity contribution in [2.24, 2.45) is 5.73 Å². The van der Waals surface area contributed by atoms with Crippen molar-refractivity contribution < 1.29 is 9.84 Å². The minimum absolute atomic E-state index is 0.0599. The number of nitrogens with zero attached hydrogens (tertiary/aromatic N) is 1. The molecule has 72 valence electrons. The summed E-state index contributed by atoms with van der Waals surface area (Å²) in [6.07, 6.45) is 0.812. The molecule has 2 unspecified atom stereocenters. The molecule has 1 rings (SSSR count). The Labute approximate surface area is 73.3 Å². The first-order valence-corrected chi connectivity index (χ1v) is 4.38. The lowest BCUT2D eigenvalue weighted by Crippen LogP contribution is -2.46. The summed E-state index contributed by atoms with van der Waals surface area (Å²) >= 11 is 0. The number of rotatable bonds is 3. The fourth-order valence-corrected chi connectivity index (χ4v) is 1.41. The summed E-state index contributed by atoms with van der Waals surface area (Å²) in [5.74, 6) is 0. The first-order chi connectivity index (χ1) is 5.74. The number of aliphatic hydroxyl groups is 1. The molecule has 2 atom stereocenters. The fraction of sp³-hybridized carbons (Fsp3) is 1.00. The Bertz CT molecular complexity index is 132. The van der Waals surface area contributed by atoms with Gasteiger partial charge in [-0.1, -0.05) is 0 Å². The van der Waals surface area contributed by atoms with E-state index in [-0.39, 0.29) is 12.6 Å². The van der Waals surface area contributed by atoms with Crippen LogP contribution in [0.5, 0.6) is 0 Å². The van der Waals surface area contributed by atoms with Crippen molar-refractivity contribution in [1.82, 2.24) is 4.90 Å². The van der Waals surface area contributed by atoms with Crippen LogP contribution in [0.1, 0.15) is 6.42 Å². The number of aliphatic hydroxyl groups excluding tert-OH is 1. The zero-order valence-corrected chi connectivity index (χ0v) is 7.57. The van der Waals surface area contributed by atoms with Gasteiger partial charge in [-0.25, -0.2) is 0 Å². The highest BCUT2D eigenvalue weighted by atomic mass is 16.5. The van der Waals surface area contributed by atoms with E-state index in [1.165, 1.54) is 0 Å². The molecule has 1 aliphatic heterocycles. The summed E-state index contributed by atoms with van der Waals surface area (Å²) < 4.78 is 5.32. The van der Waals surface area contributed by atoms with Gasteiger partial charge in [0.2, 0.25) is 0 Å². The molecular formula is C8H18N2O2. The standard InChI is InChI=1S/C8H18N2O2/c1-10-2-3-12-6-8(10)4-7(9)5-11/h7-8,11H,2-6,9H2,1H3. The first kappa shape index (κ1) is 9.92. The van der Waals surface area contributed by atoms with Crippen LogP contribution in [0.2, 0.25) is 0 Å². The van der Waals surface area contributed by atoms with Gasteiger partial charge in [0.25, 0.3) is 0 Å². The molecule has 0 spiro atoms.